The number of nitrogens with zero attached hydrogens (tertiary/aromatic N) is 2. The summed E-state index contributed by atoms with van der Waals surface area (Å²) in [6, 6.07) is 7.06. The van der Waals surface area contributed by atoms with Gasteiger partial charge in [0.25, 0.3) is 0 Å². The van der Waals surface area contributed by atoms with Crippen molar-refractivity contribution in [1.29, 1.82) is 5.26 Å². The van der Waals surface area contributed by atoms with E-state index in [4.69, 9.17) is 0 Å². The number of benzene rings is 1. The Hall–Kier alpha value is -1.60. The predicted octanol–water partition coefficient (Wildman–Crippen LogP) is 3.22. The standard InChI is InChI=1S/C17H21FN2O/c18-14-6-3-7-16(13(14)11-19)20-10-4-8-15(20)12-5-1-2-9-17(12)21/h3,6-7,12,15,17,21H,1-2,4-5,8-10H2/t12-,15+,17+/m0/s1. The first-order valence-corrected chi connectivity index (χ1v) is 7.85. The Balaban J connectivity index is 1.91. The zero-order valence-electron chi connectivity index (χ0n) is 12.1. The molecule has 1 heterocycles. The zero-order chi connectivity index (χ0) is 14.8. The highest BCUT2D eigenvalue weighted by Gasteiger charge is 2.37. The van der Waals surface area contributed by atoms with E-state index in [1.165, 1.54) is 6.07 Å². The van der Waals surface area contributed by atoms with Gasteiger partial charge in [0.05, 0.1) is 11.8 Å². The molecule has 4 heteroatoms. The lowest BCUT2D eigenvalue weighted by Crippen LogP contribution is -2.43. The van der Waals surface area contributed by atoms with Crippen molar-refractivity contribution < 1.29 is 9.50 Å². The van der Waals surface area contributed by atoms with Gasteiger partial charge in [-0.3, -0.25) is 0 Å². The minimum atomic E-state index is -0.454. The first kappa shape index (κ1) is 14.3. The normalized spacial score (nSPS) is 29.4. The van der Waals surface area contributed by atoms with Crippen LogP contribution in [-0.4, -0.2) is 23.8 Å². The summed E-state index contributed by atoms with van der Waals surface area (Å²) >= 11 is 0. The maximum Gasteiger partial charge on any atom is 0.143 e. The number of aliphatic hydroxyl groups is 1. The highest BCUT2D eigenvalue weighted by atomic mass is 19.1. The van der Waals surface area contributed by atoms with E-state index in [1.807, 2.05) is 12.1 Å². The number of halogens is 1. The molecule has 0 unspecified atom stereocenters. The van der Waals surface area contributed by atoms with E-state index in [2.05, 4.69) is 4.90 Å². The lowest BCUT2D eigenvalue weighted by Gasteiger charge is -2.38. The van der Waals surface area contributed by atoms with Crippen LogP contribution in [0.1, 0.15) is 44.1 Å². The molecule has 0 bridgehead atoms. The van der Waals surface area contributed by atoms with Crippen LogP contribution in [0.25, 0.3) is 0 Å². The van der Waals surface area contributed by atoms with E-state index in [-0.39, 0.29) is 23.6 Å². The topological polar surface area (TPSA) is 47.3 Å². The molecule has 0 radical (unpaired) electrons. The Morgan fingerprint density at radius 2 is 2.00 bits per heavy atom. The maximum absolute atomic E-state index is 13.9. The SMILES string of the molecule is N#Cc1c(F)cccc1N1CCC[C@@H]1[C@@H]1CCCC[C@H]1O. The second kappa shape index (κ2) is 6.03. The van der Waals surface area contributed by atoms with Crippen LogP contribution in [0.4, 0.5) is 10.1 Å². The van der Waals surface area contributed by atoms with Gasteiger partial charge in [-0.25, -0.2) is 4.39 Å². The third-order valence-electron chi connectivity index (χ3n) is 4.99. The average molecular weight is 288 g/mol. The summed E-state index contributed by atoms with van der Waals surface area (Å²) in [4.78, 5) is 2.15. The van der Waals surface area contributed by atoms with Gasteiger partial charge >= 0.3 is 0 Å². The van der Waals surface area contributed by atoms with Gasteiger partial charge in [-0.05, 0) is 37.8 Å². The minimum Gasteiger partial charge on any atom is -0.393 e. The van der Waals surface area contributed by atoms with Crippen molar-refractivity contribution in [3.8, 4) is 6.07 Å². The van der Waals surface area contributed by atoms with E-state index in [1.54, 1.807) is 6.07 Å². The third kappa shape index (κ3) is 2.63. The molecule has 0 spiro atoms. The second-order valence-electron chi connectivity index (χ2n) is 6.16. The lowest BCUT2D eigenvalue weighted by molar-refractivity contribution is 0.0566. The van der Waals surface area contributed by atoms with Crippen LogP contribution in [-0.2, 0) is 0 Å². The molecule has 0 amide bonds. The molecule has 0 aromatic heterocycles. The highest BCUT2D eigenvalue weighted by Crippen LogP contribution is 2.38. The summed E-state index contributed by atoms with van der Waals surface area (Å²) in [5.41, 5.74) is 0.826. The number of nitriles is 1. The summed E-state index contributed by atoms with van der Waals surface area (Å²) in [5.74, 6) is -0.207. The molecule has 1 aromatic carbocycles. The molecule has 1 saturated heterocycles. The Morgan fingerprint density at radius 3 is 2.76 bits per heavy atom. The van der Waals surface area contributed by atoms with Crippen molar-refractivity contribution in [2.75, 3.05) is 11.4 Å². The van der Waals surface area contributed by atoms with Crippen LogP contribution in [0.15, 0.2) is 18.2 Å². The van der Waals surface area contributed by atoms with E-state index in [0.29, 0.717) is 5.69 Å². The molecular formula is C17H21FN2O. The Labute approximate surface area is 125 Å². The maximum atomic E-state index is 13.9. The summed E-state index contributed by atoms with van der Waals surface area (Å²) in [7, 11) is 0. The first-order valence-electron chi connectivity index (χ1n) is 7.85. The Kier molecular flexibility index (Phi) is 4.12. The molecule has 112 valence electrons. The van der Waals surface area contributed by atoms with Crippen LogP contribution in [0, 0.1) is 23.1 Å². The molecule has 21 heavy (non-hydrogen) atoms. The van der Waals surface area contributed by atoms with Gasteiger partial charge in [0.2, 0.25) is 0 Å². The minimum absolute atomic E-state index is 0.134. The molecule has 2 fully saturated rings. The van der Waals surface area contributed by atoms with Crippen molar-refractivity contribution in [2.24, 2.45) is 5.92 Å². The molecule has 3 rings (SSSR count). The van der Waals surface area contributed by atoms with Crippen LogP contribution < -0.4 is 4.90 Å². The third-order valence-corrected chi connectivity index (χ3v) is 4.99. The average Bonchev–Trinajstić information content (AvgIpc) is 2.96. The van der Waals surface area contributed by atoms with Crippen molar-refractivity contribution >= 4 is 5.69 Å². The molecule has 1 N–H and O–H groups in total. The number of rotatable bonds is 2. The van der Waals surface area contributed by atoms with Gasteiger partial charge in [0.15, 0.2) is 0 Å². The fraction of sp³-hybridized carbons (Fsp3) is 0.588. The van der Waals surface area contributed by atoms with Gasteiger partial charge in [-0.2, -0.15) is 5.26 Å². The lowest BCUT2D eigenvalue weighted by atomic mass is 9.80. The monoisotopic (exact) mass is 288 g/mol. The summed E-state index contributed by atoms with van der Waals surface area (Å²) in [6.07, 6.45) is 5.93. The van der Waals surface area contributed by atoms with Crippen LogP contribution in [0.5, 0.6) is 0 Å². The molecule has 1 aliphatic carbocycles. The predicted molar refractivity (Wildman–Crippen MR) is 79.4 cm³/mol. The van der Waals surface area contributed by atoms with E-state index >= 15 is 0 Å². The van der Waals surface area contributed by atoms with Gasteiger partial charge in [-0.1, -0.05) is 18.9 Å². The van der Waals surface area contributed by atoms with Gasteiger partial charge in [0.1, 0.15) is 17.4 Å². The number of hydrogen-bond donors (Lipinski definition) is 1. The largest absolute Gasteiger partial charge is 0.393 e. The number of anilines is 1. The van der Waals surface area contributed by atoms with E-state index in [9.17, 15) is 14.8 Å². The molecule has 1 aromatic rings. The Morgan fingerprint density at radius 1 is 1.19 bits per heavy atom. The fourth-order valence-electron chi connectivity index (χ4n) is 3.99. The van der Waals surface area contributed by atoms with Crippen LogP contribution in [0.2, 0.25) is 0 Å². The number of aliphatic hydroxyl groups excluding tert-OH is 1. The summed E-state index contributed by atoms with van der Waals surface area (Å²) in [5, 5.41) is 19.6. The van der Waals surface area contributed by atoms with Gasteiger partial charge in [0, 0.05) is 18.5 Å². The highest BCUT2D eigenvalue weighted by molar-refractivity contribution is 5.61. The van der Waals surface area contributed by atoms with Gasteiger partial charge in [-0.15, -0.1) is 0 Å². The van der Waals surface area contributed by atoms with Crippen LogP contribution >= 0.6 is 0 Å². The smallest absolute Gasteiger partial charge is 0.143 e. The second-order valence-corrected chi connectivity index (χ2v) is 6.16. The van der Waals surface area contributed by atoms with E-state index in [0.717, 1.165) is 45.1 Å². The van der Waals surface area contributed by atoms with Crippen molar-refractivity contribution in [3.63, 3.8) is 0 Å². The molecule has 1 saturated carbocycles. The van der Waals surface area contributed by atoms with Crippen molar-refractivity contribution in [1.82, 2.24) is 0 Å². The molecule has 3 atom stereocenters. The number of hydrogen-bond acceptors (Lipinski definition) is 3. The zero-order valence-corrected chi connectivity index (χ0v) is 12.1. The quantitative estimate of drug-likeness (QED) is 0.909. The van der Waals surface area contributed by atoms with Crippen molar-refractivity contribution in [3.05, 3.63) is 29.6 Å². The molecule has 1 aliphatic heterocycles. The first-order chi connectivity index (χ1) is 10.2. The summed E-state index contributed by atoms with van der Waals surface area (Å²) in [6.45, 7) is 0.839. The van der Waals surface area contributed by atoms with Gasteiger partial charge < -0.3 is 10.0 Å². The Bertz CT molecular complexity index is 554. The van der Waals surface area contributed by atoms with Crippen molar-refractivity contribution in [2.45, 2.75) is 50.7 Å². The molecule has 2 aliphatic rings. The molecular weight excluding hydrogens is 267 g/mol. The van der Waals surface area contributed by atoms with E-state index < -0.39 is 5.82 Å². The van der Waals surface area contributed by atoms with Crippen LogP contribution in [0.3, 0.4) is 0 Å². The fourth-order valence-corrected chi connectivity index (χ4v) is 3.99. The molecule has 3 nitrogen and oxygen atoms in total. The summed E-state index contributed by atoms with van der Waals surface area (Å²) < 4.78 is 13.9.